The molecule has 0 aromatic carbocycles. The highest BCUT2D eigenvalue weighted by atomic mass is 16.6. The summed E-state index contributed by atoms with van der Waals surface area (Å²) in [5.74, 6) is -0.379. The van der Waals surface area contributed by atoms with Gasteiger partial charge in [-0.15, -0.1) is 0 Å². The summed E-state index contributed by atoms with van der Waals surface area (Å²) in [5.41, 5.74) is 0. The first kappa shape index (κ1) is 25.1. The second-order valence-electron chi connectivity index (χ2n) is 7.36. The molecule has 2 atom stereocenters. The summed E-state index contributed by atoms with van der Waals surface area (Å²) in [5, 5.41) is 18.5. The van der Waals surface area contributed by atoms with Gasteiger partial charge in [-0.3, -0.25) is 4.79 Å². The standard InChI is InChI=1S/C22H42O4/c1-3-4-5-6-7-8-9-10-11-12-13-14-15-16-17-18-21(24)26-22(25)19-20(2)23/h10-11,20,22-23,25H,3-9,12-19H2,1-2H3/b11-10-. The largest absolute Gasteiger partial charge is 0.436 e. The lowest BCUT2D eigenvalue weighted by molar-refractivity contribution is -0.171. The molecule has 154 valence electrons. The highest BCUT2D eigenvalue weighted by Gasteiger charge is 2.12. The minimum Gasteiger partial charge on any atom is -0.436 e. The monoisotopic (exact) mass is 370 g/mol. The molecule has 0 aromatic heterocycles. The summed E-state index contributed by atoms with van der Waals surface area (Å²) >= 11 is 0. The molecule has 0 radical (unpaired) electrons. The summed E-state index contributed by atoms with van der Waals surface area (Å²) in [7, 11) is 0. The maximum Gasteiger partial charge on any atom is 0.308 e. The third kappa shape index (κ3) is 19.5. The van der Waals surface area contributed by atoms with Crippen LogP contribution in [0.4, 0.5) is 0 Å². The molecule has 0 fully saturated rings. The zero-order valence-corrected chi connectivity index (χ0v) is 17.1. The van der Waals surface area contributed by atoms with E-state index in [1.807, 2.05) is 0 Å². The van der Waals surface area contributed by atoms with Crippen LogP contribution in [0, 0.1) is 0 Å². The number of hydrogen-bond donors (Lipinski definition) is 2. The third-order valence-electron chi connectivity index (χ3n) is 4.45. The fourth-order valence-electron chi connectivity index (χ4n) is 2.89. The molecule has 0 heterocycles. The van der Waals surface area contributed by atoms with Crippen LogP contribution < -0.4 is 0 Å². The van der Waals surface area contributed by atoms with Crippen LogP contribution in [0.15, 0.2) is 12.2 Å². The molecule has 0 aromatic rings. The molecular formula is C22H42O4. The highest BCUT2D eigenvalue weighted by molar-refractivity contribution is 5.69. The molecule has 0 saturated heterocycles. The number of carbonyl (C=O) groups is 1. The Balaban J connectivity index is 3.30. The topological polar surface area (TPSA) is 66.8 Å². The van der Waals surface area contributed by atoms with Gasteiger partial charge >= 0.3 is 5.97 Å². The molecular weight excluding hydrogens is 328 g/mol. The fourth-order valence-corrected chi connectivity index (χ4v) is 2.89. The van der Waals surface area contributed by atoms with E-state index in [0.29, 0.717) is 6.42 Å². The van der Waals surface area contributed by atoms with E-state index in [4.69, 9.17) is 9.84 Å². The first-order chi connectivity index (χ1) is 12.6. The molecule has 2 N–H and O–H groups in total. The maximum atomic E-state index is 11.5. The Morgan fingerprint density at radius 3 is 1.88 bits per heavy atom. The van der Waals surface area contributed by atoms with Crippen molar-refractivity contribution >= 4 is 5.97 Å². The molecule has 26 heavy (non-hydrogen) atoms. The highest BCUT2D eigenvalue weighted by Crippen LogP contribution is 2.11. The van der Waals surface area contributed by atoms with Crippen LogP contribution in [-0.2, 0) is 9.53 Å². The van der Waals surface area contributed by atoms with E-state index in [1.54, 1.807) is 6.92 Å². The summed E-state index contributed by atoms with van der Waals surface area (Å²) in [6, 6.07) is 0. The van der Waals surface area contributed by atoms with Crippen molar-refractivity contribution in [2.75, 3.05) is 0 Å². The number of carbonyl (C=O) groups excluding carboxylic acids is 1. The van der Waals surface area contributed by atoms with Gasteiger partial charge < -0.3 is 14.9 Å². The first-order valence-electron chi connectivity index (χ1n) is 10.8. The van der Waals surface area contributed by atoms with Gasteiger partial charge in [-0.05, 0) is 39.0 Å². The molecule has 2 unspecified atom stereocenters. The van der Waals surface area contributed by atoms with Crippen molar-refractivity contribution in [2.24, 2.45) is 0 Å². The number of aliphatic hydroxyl groups excluding tert-OH is 2. The lowest BCUT2D eigenvalue weighted by atomic mass is 10.1. The molecule has 0 aliphatic heterocycles. The zero-order valence-electron chi connectivity index (χ0n) is 17.1. The van der Waals surface area contributed by atoms with Gasteiger partial charge in [-0.25, -0.2) is 0 Å². The normalized spacial score (nSPS) is 13.8. The smallest absolute Gasteiger partial charge is 0.308 e. The molecule has 0 rings (SSSR count). The number of aliphatic hydroxyl groups is 2. The predicted octanol–water partition coefficient (Wildman–Crippen LogP) is 5.66. The second kappa shape index (κ2) is 18.9. The number of unbranched alkanes of at least 4 members (excludes halogenated alkanes) is 11. The Morgan fingerprint density at radius 1 is 0.846 bits per heavy atom. The molecule has 0 aliphatic carbocycles. The van der Waals surface area contributed by atoms with Gasteiger partial charge in [0.1, 0.15) is 0 Å². The number of hydrogen-bond acceptors (Lipinski definition) is 4. The number of ether oxygens (including phenoxy) is 1. The average Bonchev–Trinajstić information content (AvgIpc) is 2.57. The van der Waals surface area contributed by atoms with Gasteiger partial charge in [0.25, 0.3) is 0 Å². The van der Waals surface area contributed by atoms with Crippen molar-refractivity contribution in [3.8, 4) is 0 Å². The van der Waals surface area contributed by atoms with Gasteiger partial charge in [0.05, 0.1) is 6.10 Å². The minimum absolute atomic E-state index is 0.0676. The van der Waals surface area contributed by atoms with E-state index < -0.39 is 12.4 Å². The summed E-state index contributed by atoms with van der Waals surface area (Å²) in [6.07, 6.45) is 19.1. The van der Waals surface area contributed by atoms with Crippen LogP contribution in [-0.4, -0.2) is 28.6 Å². The van der Waals surface area contributed by atoms with E-state index in [0.717, 1.165) is 25.7 Å². The lowest BCUT2D eigenvalue weighted by Gasteiger charge is -2.13. The van der Waals surface area contributed by atoms with Gasteiger partial charge in [0.15, 0.2) is 0 Å². The van der Waals surface area contributed by atoms with E-state index in [9.17, 15) is 9.90 Å². The van der Waals surface area contributed by atoms with Gasteiger partial charge in [-0.1, -0.05) is 70.4 Å². The van der Waals surface area contributed by atoms with Crippen molar-refractivity contribution in [1.29, 1.82) is 0 Å². The molecule has 0 spiro atoms. The predicted molar refractivity (Wildman–Crippen MR) is 108 cm³/mol. The van der Waals surface area contributed by atoms with Crippen molar-refractivity contribution in [3.05, 3.63) is 12.2 Å². The molecule has 0 bridgehead atoms. The lowest BCUT2D eigenvalue weighted by Crippen LogP contribution is -2.21. The van der Waals surface area contributed by atoms with Gasteiger partial charge in [0.2, 0.25) is 6.29 Å². The summed E-state index contributed by atoms with van der Waals surface area (Å²) in [6.45, 7) is 3.81. The Morgan fingerprint density at radius 2 is 1.35 bits per heavy atom. The number of esters is 1. The zero-order chi connectivity index (χ0) is 19.5. The van der Waals surface area contributed by atoms with Gasteiger partial charge in [-0.2, -0.15) is 0 Å². The van der Waals surface area contributed by atoms with E-state index >= 15 is 0 Å². The van der Waals surface area contributed by atoms with Crippen molar-refractivity contribution in [2.45, 2.75) is 123 Å². The SMILES string of the molecule is CCCCCCCC/C=C\CCCCCCCC(=O)OC(O)CC(C)O. The van der Waals surface area contributed by atoms with Crippen molar-refractivity contribution < 1.29 is 19.7 Å². The number of allylic oxidation sites excluding steroid dienone is 2. The van der Waals surface area contributed by atoms with E-state index in [-0.39, 0.29) is 12.4 Å². The van der Waals surface area contributed by atoms with Crippen LogP contribution in [0.25, 0.3) is 0 Å². The molecule has 4 heteroatoms. The van der Waals surface area contributed by atoms with Crippen LogP contribution >= 0.6 is 0 Å². The van der Waals surface area contributed by atoms with E-state index in [1.165, 1.54) is 57.8 Å². The average molecular weight is 371 g/mol. The van der Waals surface area contributed by atoms with Gasteiger partial charge in [0, 0.05) is 12.8 Å². The molecule has 0 saturated carbocycles. The van der Waals surface area contributed by atoms with Crippen molar-refractivity contribution in [1.82, 2.24) is 0 Å². The summed E-state index contributed by atoms with van der Waals surface area (Å²) in [4.78, 5) is 11.5. The van der Waals surface area contributed by atoms with Crippen molar-refractivity contribution in [3.63, 3.8) is 0 Å². The Kier molecular flexibility index (Phi) is 18.3. The van der Waals surface area contributed by atoms with Crippen LogP contribution in [0.1, 0.15) is 110 Å². The Bertz CT molecular complexity index is 339. The molecule has 4 nitrogen and oxygen atoms in total. The fraction of sp³-hybridized carbons (Fsp3) is 0.864. The number of rotatable bonds is 18. The third-order valence-corrected chi connectivity index (χ3v) is 4.45. The Hall–Kier alpha value is -0.870. The van der Waals surface area contributed by atoms with Crippen LogP contribution in [0.3, 0.4) is 0 Å². The van der Waals surface area contributed by atoms with Crippen LogP contribution in [0.2, 0.25) is 0 Å². The first-order valence-corrected chi connectivity index (χ1v) is 10.8. The van der Waals surface area contributed by atoms with Crippen LogP contribution in [0.5, 0.6) is 0 Å². The molecule has 0 aliphatic rings. The minimum atomic E-state index is -1.19. The second-order valence-corrected chi connectivity index (χ2v) is 7.36. The quantitative estimate of drug-likeness (QED) is 0.141. The maximum absolute atomic E-state index is 11.5. The van der Waals surface area contributed by atoms with E-state index in [2.05, 4.69) is 19.1 Å². The Labute approximate surface area is 161 Å². The molecule has 0 amide bonds. The summed E-state index contributed by atoms with van der Waals surface area (Å²) < 4.78 is 4.83.